The van der Waals surface area contributed by atoms with E-state index in [0.717, 1.165) is 12.0 Å². The van der Waals surface area contributed by atoms with Crippen LogP contribution in [0.25, 0.3) is 11.3 Å². The highest BCUT2D eigenvalue weighted by molar-refractivity contribution is 6.11. The monoisotopic (exact) mass is 461 g/mol. The number of carbonyl (C=O) groups is 3. The van der Waals surface area contributed by atoms with E-state index in [1.54, 1.807) is 55.5 Å². The van der Waals surface area contributed by atoms with Crippen molar-refractivity contribution in [2.24, 2.45) is 0 Å². The molecule has 0 radical (unpaired) electrons. The van der Waals surface area contributed by atoms with Crippen molar-refractivity contribution < 1.29 is 23.9 Å². The molecule has 34 heavy (non-hydrogen) atoms. The van der Waals surface area contributed by atoms with E-state index in [4.69, 9.17) is 9.47 Å². The second kappa shape index (κ2) is 8.54. The molecule has 3 N–H and O–H groups in total. The van der Waals surface area contributed by atoms with Gasteiger partial charge >= 0.3 is 0 Å². The van der Waals surface area contributed by atoms with Crippen LogP contribution in [0.3, 0.4) is 0 Å². The lowest BCUT2D eigenvalue weighted by Gasteiger charge is -2.20. The van der Waals surface area contributed by atoms with Crippen LogP contribution >= 0.6 is 0 Å². The maximum atomic E-state index is 13.0. The summed E-state index contributed by atoms with van der Waals surface area (Å²) < 4.78 is 10.6. The summed E-state index contributed by atoms with van der Waals surface area (Å²) in [6, 6.07) is 11.4. The van der Waals surface area contributed by atoms with Gasteiger partial charge in [-0.25, -0.2) is 0 Å². The molecule has 0 saturated carbocycles. The van der Waals surface area contributed by atoms with Crippen molar-refractivity contribution in [3.05, 3.63) is 53.7 Å². The summed E-state index contributed by atoms with van der Waals surface area (Å²) in [4.78, 5) is 39.9. The highest BCUT2D eigenvalue weighted by Gasteiger charge is 2.38. The maximum absolute atomic E-state index is 13.0. The zero-order valence-electron chi connectivity index (χ0n) is 18.7. The summed E-state index contributed by atoms with van der Waals surface area (Å²) in [7, 11) is 3.10. The molecule has 1 fully saturated rings. The number of methoxy groups -OCH3 is 2. The normalized spacial score (nSPS) is 16.9. The fourth-order valence-electron chi connectivity index (χ4n) is 4.34. The number of benzene rings is 2. The van der Waals surface area contributed by atoms with Crippen LogP contribution in [0.15, 0.2) is 42.5 Å². The first-order valence-electron chi connectivity index (χ1n) is 10.8. The minimum Gasteiger partial charge on any atom is -0.493 e. The van der Waals surface area contributed by atoms with Gasteiger partial charge in [-0.05, 0) is 55.3 Å². The minimum absolute atomic E-state index is 0.179. The Balaban J connectivity index is 1.36. The van der Waals surface area contributed by atoms with Gasteiger partial charge in [-0.2, -0.15) is 5.10 Å². The molecule has 2 aliphatic heterocycles. The quantitative estimate of drug-likeness (QED) is 0.537. The van der Waals surface area contributed by atoms with Crippen LogP contribution in [0.1, 0.15) is 33.7 Å². The molecule has 2 aliphatic rings. The first-order valence-corrected chi connectivity index (χ1v) is 10.8. The van der Waals surface area contributed by atoms with Crippen LogP contribution in [-0.2, 0) is 4.79 Å². The van der Waals surface area contributed by atoms with Crippen LogP contribution in [-0.4, -0.2) is 59.6 Å². The standard InChI is InChI=1S/C24H23N5O5/c1-33-20-8-5-13(10-21(20)34-2)17-12-18(28-27-17)22(30)25-14-6-7-16-15(11-14)24(32)29-9-3-4-19(29)23(31)26-16/h5-8,10-12,19H,3-4,9H2,1-2H3,(H,25,30)(H,26,31)(H,27,28)/t19-/m0/s1. The van der Waals surface area contributed by atoms with E-state index in [0.29, 0.717) is 47.1 Å². The molecule has 3 amide bonds. The van der Waals surface area contributed by atoms with Crippen LogP contribution in [0.4, 0.5) is 11.4 Å². The van der Waals surface area contributed by atoms with Crippen molar-refractivity contribution in [2.75, 3.05) is 31.4 Å². The molecule has 3 heterocycles. The molecular weight excluding hydrogens is 438 g/mol. The first kappa shape index (κ1) is 21.5. The fraction of sp³-hybridized carbons (Fsp3) is 0.250. The third-order valence-electron chi connectivity index (χ3n) is 6.08. The Morgan fingerprint density at radius 3 is 2.71 bits per heavy atom. The predicted molar refractivity (Wildman–Crippen MR) is 124 cm³/mol. The number of nitrogens with zero attached hydrogens (tertiary/aromatic N) is 2. The second-order valence-corrected chi connectivity index (χ2v) is 8.10. The van der Waals surface area contributed by atoms with E-state index in [2.05, 4.69) is 20.8 Å². The van der Waals surface area contributed by atoms with Gasteiger partial charge in [0.2, 0.25) is 5.91 Å². The van der Waals surface area contributed by atoms with Gasteiger partial charge in [0.25, 0.3) is 11.8 Å². The number of aromatic nitrogens is 2. The van der Waals surface area contributed by atoms with Gasteiger partial charge in [0, 0.05) is 17.8 Å². The van der Waals surface area contributed by atoms with E-state index >= 15 is 0 Å². The number of hydrogen-bond donors (Lipinski definition) is 3. The predicted octanol–water partition coefficient (Wildman–Crippen LogP) is 2.90. The topological polar surface area (TPSA) is 126 Å². The van der Waals surface area contributed by atoms with E-state index < -0.39 is 11.9 Å². The maximum Gasteiger partial charge on any atom is 0.273 e. The molecule has 10 heteroatoms. The Bertz CT molecular complexity index is 1300. The molecule has 0 spiro atoms. The molecule has 3 aromatic rings. The van der Waals surface area contributed by atoms with Gasteiger partial charge in [0.05, 0.1) is 31.2 Å². The van der Waals surface area contributed by atoms with Gasteiger partial charge in [0.15, 0.2) is 11.5 Å². The van der Waals surface area contributed by atoms with Crippen molar-refractivity contribution in [1.29, 1.82) is 0 Å². The SMILES string of the molecule is COc1ccc(-c2cc(C(=O)Nc3ccc4c(c3)C(=O)N3CCC[C@H]3C(=O)N4)[nH]n2)cc1OC. The van der Waals surface area contributed by atoms with Crippen LogP contribution in [0.2, 0.25) is 0 Å². The average Bonchev–Trinajstić information content (AvgIpc) is 3.53. The zero-order valence-corrected chi connectivity index (χ0v) is 18.7. The molecular formula is C24H23N5O5. The Kier molecular flexibility index (Phi) is 5.40. The molecule has 0 bridgehead atoms. The number of rotatable bonds is 5. The van der Waals surface area contributed by atoms with Crippen molar-refractivity contribution in [3.63, 3.8) is 0 Å². The minimum atomic E-state index is -0.446. The molecule has 2 aromatic carbocycles. The van der Waals surface area contributed by atoms with E-state index in [-0.39, 0.29) is 17.5 Å². The molecule has 0 unspecified atom stereocenters. The molecule has 5 rings (SSSR count). The third-order valence-corrected chi connectivity index (χ3v) is 6.08. The highest BCUT2D eigenvalue weighted by Crippen LogP contribution is 2.32. The molecule has 1 atom stereocenters. The zero-order chi connectivity index (χ0) is 23.8. The van der Waals surface area contributed by atoms with Crippen molar-refractivity contribution in [2.45, 2.75) is 18.9 Å². The molecule has 1 saturated heterocycles. The van der Waals surface area contributed by atoms with Gasteiger partial charge in [0.1, 0.15) is 11.7 Å². The average molecular weight is 461 g/mol. The summed E-state index contributed by atoms with van der Waals surface area (Å²) in [5.74, 6) is 0.332. The van der Waals surface area contributed by atoms with Gasteiger partial charge < -0.3 is 25.0 Å². The van der Waals surface area contributed by atoms with E-state index in [1.165, 1.54) is 0 Å². The third kappa shape index (κ3) is 3.72. The largest absolute Gasteiger partial charge is 0.493 e. The van der Waals surface area contributed by atoms with Gasteiger partial charge in [-0.15, -0.1) is 0 Å². The number of anilines is 2. The first-order chi connectivity index (χ1) is 16.5. The molecule has 0 aliphatic carbocycles. The number of H-pyrrole nitrogens is 1. The molecule has 10 nitrogen and oxygen atoms in total. The summed E-state index contributed by atoms with van der Waals surface area (Å²) in [5.41, 5.74) is 2.79. The number of carbonyl (C=O) groups excluding carboxylic acids is 3. The Hall–Kier alpha value is -4.34. The summed E-state index contributed by atoms with van der Waals surface area (Å²) in [5, 5.41) is 12.6. The number of amides is 3. The van der Waals surface area contributed by atoms with Gasteiger partial charge in [-0.3, -0.25) is 19.5 Å². The second-order valence-electron chi connectivity index (χ2n) is 8.10. The van der Waals surface area contributed by atoms with E-state index in [1.807, 2.05) is 6.07 Å². The fourth-order valence-corrected chi connectivity index (χ4v) is 4.34. The summed E-state index contributed by atoms with van der Waals surface area (Å²) >= 11 is 0. The van der Waals surface area contributed by atoms with E-state index in [9.17, 15) is 14.4 Å². The smallest absolute Gasteiger partial charge is 0.273 e. The van der Waals surface area contributed by atoms with Crippen molar-refractivity contribution in [3.8, 4) is 22.8 Å². The van der Waals surface area contributed by atoms with Crippen molar-refractivity contribution in [1.82, 2.24) is 15.1 Å². The lowest BCUT2D eigenvalue weighted by molar-refractivity contribution is -0.119. The summed E-state index contributed by atoms with van der Waals surface area (Å²) in [6.45, 7) is 0.542. The van der Waals surface area contributed by atoms with Crippen LogP contribution < -0.4 is 20.1 Å². The van der Waals surface area contributed by atoms with Crippen molar-refractivity contribution >= 4 is 29.1 Å². The number of nitrogens with one attached hydrogen (secondary N) is 3. The molecule has 174 valence electrons. The highest BCUT2D eigenvalue weighted by atomic mass is 16.5. The Labute approximate surface area is 195 Å². The lowest BCUT2D eigenvalue weighted by Crippen LogP contribution is -2.40. The number of aromatic amines is 1. The number of hydrogen-bond acceptors (Lipinski definition) is 6. The Morgan fingerprint density at radius 1 is 1.09 bits per heavy atom. The molecule has 1 aromatic heterocycles. The van der Waals surface area contributed by atoms with Crippen LogP contribution in [0.5, 0.6) is 11.5 Å². The lowest BCUT2D eigenvalue weighted by atomic mass is 10.1. The van der Waals surface area contributed by atoms with Gasteiger partial charge in [-0.1, -0.05) is 0 Å². The Morgan fingerprint density at radius 2 is 1.91 bits per heavy atom. The summed E-state index contributed by atoms with van der Waals surface area (Å²) in [6.07, 6.45) is 1.44. The number of fused-ring (bicyclic) bond motifs is 2. The number of ether oxygens (including phenoxy) is 2. The van der Waals surface area contributed by atoms with Crippen LogP contribution in [0, 0.1) is 0 Å².